The van der Waals surface area contributed by atoms with Crippen LogP contribution in [0.4, 0.5) is 0 Å². The molecular weight excluding hydrogens is 338 g/mol. The minimum Gasteiger partial charge on any atom is -0.478 e. The van der Waals surface area contributed by atoms with Gasteiger partial charge in [0.25, 0.3) is 5.91 Å². The number of carboxylic acid groups (broad SMARTS) is 1. The predicted molar refractivity (Wildman–Crippen MR) is 97.3 cm³/mol. The summed E-state index contributed by atoms with van der Waals surface area (Å²) in [6.07, 6.45) is 1.87. The molecule has 0 spiro atoms. The second kappa shape index (κ2) is 7.28. The van der Waals surface area contributed by atoms with E-state index in [0.29, 0.717) is 23.6 Å². The van der Waals surface area contributed by atoms with Crippen molar-refractivity contribution in [2.45, 2.75) is 19.8 Å². The average Bonchev–Trinajstić information content (AvgIpc) is 3.02. The summed E-state index contributed by atoms with van der Waals surface area (Å²) in [4.78, 5) is 25.6. The van der Waals surface area contributed by atoms with E-state index in [1.54, 1.807) is 19.1 Å². The average molecular weight is 358 g/mol. The van der Waals surface area contributed by atoms with Crippen molar-refractivity contribution in [3.63, 3.8) is 0 Å². The van der Waals surface area contributed by atoms with E-state index in [4.69, 9.17) is 16.7 Å². The Hall–Kier alpha value is -2.33. The molecule has 1 N–H and O–H groups in total. The van der Waals surface area contributed by atoms with Crippen LogP contribution in [0.25, 0.3) is 0 Å². The highest BCUT2D eigenvalue weighted by molar-refractivity contribution is 6.30. The normalized spacial score (nSPS) is 16.9. The summed E-state index contributed by atoms with van der Waals surface area (Å²) in [7, 11) is 0. The number of carbonyl (C=O) groups excluding carboxylic acids is 1. The van der Waals surface area contributed by atoms with Gasteiger partial charge in [-0.25, -0.2) is 4.79 Å². The fraction of sp³-hybridized carbons (Fsp3) is 0.300. The Morgan fingerprint density at radius 1 is 1.24 bits per heavy atom. The van der Waals surface area contributed by atoms with E-state index in [1.165, 1.54) is 11.6 Å². The number of aromatic carboxylic acids is 1. The standard InChI is InChI=1S/C20H20ClNO3/c1-13-9-16(20(24)25)5-6-18(13)19(23)22-8-7-15(12-22)10-14-3-2-4-17(21)11-14/h2-6,9,11,15H,7-8,10,12H2,1H3,(H,24,25). The second-order valence-corrected chi connectivity index (χ2v) is 7.01. The van der Waals surface area contributed by atoms with Gasteiger partial charge in [-0.05, 0) is 67.1 Å². The molecule has 3 rings (SSSR count). The summed E-state index contributed by atoms with van der Waals surface area (Å²) in [6, 6.07) is 12.5. The highest BCUT2D eigenvalue weighted by atomic mass is 35.5. The maximum absolute atomic E-state index is 12.8. The van der Waals surface area contributed by atoms with Crippen molar-refractivity contribution in [3.8, 4) is 0 Å². The van der Waals surface area contributed by atoms with Crippen LogP contribution in [0.2, 0.25) is 5.02 Å². The van der Waals surface area contributed by atoms with E-state index in [2.05, 4.69) is 6.07 Å². The number of benzene rings is 2. The summed E-state index contributed by atoms with van der Waals surface area (Å²) in [6.45, 7) is 3.22. The summed E-state index contributed by atoms with van der Waals surface area (Å²) >= 11 is 6.04. The third-order valence-corrected chi connectivity index (χ3v) is 4.93. The zero-order valence-corrected chi connectivity index (χ0v) is 14.8. The number of carboxylic acids is 1. The first kappa shape index (κ1) is 17.5. The van der Waals surface area contributed by atoms with Gasteiger partial charge in [0.2, 0.25) is 0 Å². The van der Waals surface area contributed by atoms with Crippen molar-refractivity contribution in [3.05, 3.63) is 69.7 Å². The Morgan fingerprint density at radius 2 is 2.04 bits per heavy atom. The molecule has 1 atom stereocenters. The molecule has 2 aromatic rings. The van der Waals surface area contributed by atoms with Gasteiger partial charge in [0.1, 0.15) is 0 Å². The molecule has 1 aliphatic rings. The van der Waals surface area contributed by atoms with E-state index >= 15 is 0 Å². The van der Waals surface area contributed by atoms with Gasteiger partial charge < -0.3 is 10.0 Å². The molecule has 0 bridgehead atoms. The first-order valence-electron chi connectivity index (χ1n) is 8.31. The Kier molecular flexibility index (Phi) is 5.09. The minimum atomic E-state index is -0.982. The van der Waals surface area contributed by atoms with E-state index in [-0.39, 0.29) is 11.5 Å². The van der Waals surface area contributed by atoms with Crippen LogP contribution in [-0.2, 0) is 6.42 Å². The molecule has 5 heteroatoms. The minimum absolute atomic E-state index is 0.0250. The highest BCUT2D eigenvalue weighted by Gasteiger charge is 2.28. The van der Waals surface area contributed by atoms with E-state index in [0.717, 1.165) is 24.4 Å². The predicted octanol–water partition coefficient (Wildman–Crippen LogP) is 4.05. The number of amides is 1. The number of hydrogen-bond acceptors (Lipinski definition) is 2. The quantitative estimate of drug-likeness (QED) is 0.898. The zero-order chi connectivity index (χ0) is 18.0. The van der Waals surface area contributed by atoms with Gasteiger partial charge in [0.15, 0.2) is 0 Å². The van der Waals surface area contributed by atoms with Crippen LogP contribution in [0, 0.1) is 12.8 Å². The lowest BCUT2D eigenvalue weighted by Crippen LogP contribution is -2.29. The van der Waals surface area contributed by atoms with Gasteiger partial charge in [-0.1, -0.05) is 23.7 Å². The van der Waals surface area contributed by atoms with Gasteiger partial charge in [-0.2, -0.15) is 0 Å². The molecule has 1 heterocycles. The van der Waals surface area contributed by atoms with E-state index in [1.807, 2.05) is 23.1 Å². The van der Waals surface area contributed by atoms with Crippen LogP contribution in [0.5, 0.6) is 0 Å². The lowest BCUT2D eigenvalue weighted by molar-refractivity contribution is 0.0694. The third-order valence-electron chi connectivity index (χ3n) is 4.69. The fourth-order valence-electron chi connectivity index (χ4n) is 3.39. The smallest absolute Gasteiger partial charge is 0.335 e. The summed E-state index contributed by atoms with van der Waals surface area (Å²) in [5.74, 6) is -0.589. The fourth-order valence-corrected chi connectivity index (χ4v) is 3.60. The Bertz CT molecular complexity index is 818. The molecular formula is C20H20ClNO3. The molecule has 130 valence electrons. The number of likely N-dealkylation sites (tertiary alicyclic amines) is 1. The van der Waals surface area contributed by atoms with Crippen molar-refractivity contribution >= 4 is 23.5 Å². The number of nitrogens with zero attached hydrogens (tertiary/aromatic N) is 1. The summed E-state index contributed by atoms with van der Waals surface area (Å²) in [5, 5.41) is 9.77. The summed E-state index contributed by atoms with van der Waals surface area (Å²) in [5.41, 5.74) is 2.67. The van der Waals surface area contributed by atoms with Gasteiger partial charge in [-0.15, -0.1) is 0 Å². The van der Waals surface area contributed by atoms with Gasteiger partial charge >= 0.3 is 5.97 Å². The van der Waals surface area contributed by atoms with Crippen molar-refractivity contribution in [1.29, 1.82) is 0 Å². The number of carbonyl (C=O) groups is 2. The summed E-state index contributed by atoms with van der Waals surface area (Å²) < 4.78 is 0. The molecule has 1 saturated heterocycles. The van der Waals surface area contributed by atoms with Crippen LogP contribution in [0.3, 0.4) is 0 Å². The largest absolute Gasteiger partial charge is 0.478 e. The van der Waals surface area contributed by atoms with Gasteiger partial charge in [0, 0.05) is 23.7 Å². The maximum Gasteiger partial charge on any atom is 0.335 e. The van der Waals surface area contributed by atoms with Crippen LogP contribution < -0.4 is 0 Å². The Balaban J connectivity index is 1.67. The van der Waals surface area contributed by atoms with Crippen LogP contribution >= 0.6 is 11.6 Å². The number of halogens is 1. The highest BCUT2D eigenvalue weighted by Crippen LogP contribution is 2.24. The van der Waals surface area contributed by atoms with Crippen molar-refractivity contribution < 1.29 is 14.7 Å². The molecule has 0 aliphatic carbocycles. The molecule has 0 radical (unpaired) electrons. The SMILES string of the molecule is Cc1cc(C(=O)O)ccc1C(=O)N1CCC(Cc2cccc(Cl)c2)C1. The monoisotopic (exact) mass is 357 g/mol. The van der Waals surface area contributed by atoms with E-state index in [9.17, 15) is 9.59 Å². The lowest BCUT2D eigenvalue weighted by atomic mass is 9.99. The number of hydrogen-bond donors (Lipinski definition) is 1. The van der Waals surface area contributed by atoms with Crippen LogP contribution in [-0.4, -0.2) is 35.0 Å². The van der Waals surface area contributed by atoms with Gasteiger partial charge in [0.05, 0.1) is 5.56 Å². The molecule has 2 aromatic carbocycles. The molecule has 25 heavy (non-hydrogen) atoms. The molecule has 0 aromatic heterocycles. The lowest BCUT2D eigenvalue weighted by Gasteiger charge is -2.18. The Labute approximate surface area is 152 Å². The molecule has 1 amide bonds. The van der Waals surface area contributed by atoms with Crippen molar-refractivity contribution in [2.75, 3.05) is 13.1 Å². The molecule has 1 aliphatic heterocycles. The topological polar surface area (TPSA) is 57.6 Å². The molecule has 0 saturated carbocycles. The van der Waals surface area contributed by atoms with Gasteiger partial charge in [-0.3, -0.25) is 4.79 Å². The Morgan fingerprint density at radius 3 is 2.72 bits per heavy atom. The molecule has 4 nitrogen and oxygen atoms in total. The van der Waals surface area contributed by atoms with Crippen molar-refractivity contribution in [2.24, 2.45) is 5.92 Å². The molecule has 1 unspecified atom stereocenters. The third kappa shape index (κ3) is 4.02. The van der Waals surface area contributed by atoms with Crippen LogP contribution in [0.15, 0.2) is 42.5 Å². The molecule has 1 fully saturated rings. The second-order valence-electron chi connectivity index (χ2n) is 6.57. The number of aryl methyl sites for hydroxylation is 1. The number of rotatable bonds is 4. The van der Waals surface area contributed by atoms with E-state index < -0.39 is 5.97 Å². The first-order valence-corrected chi connectivity index (χ1v) is 8.69. The van der Waals surface area contributed by atoms with Crippen LogP contribution in [0.1, 0.15) is 38.3 Å². The maximum atomic E-state index is 12.8. The van der Waals surface area contributed by atoms with Crippen molar-refractivity contribution in [1.82, 2.24) is 4.90 Å². The first-order chi connectivity index (χ1) is 11.9. The zero-order valence-electron chi connectivity index (χ0n) is 14.0.